The second-order valence-corrected chi connectivity index (χ2v) is 4.26. The summed E-state index contributed by atoms with van der Waals surface area (Å²) in [7, 11) is -3.98. The maximum absolute atomic E-state index is 11.1. The van der Waals surface area contributed by atoms with Crippen LogP contribution in [-0.4, -0.2) is 9.88 Å². The fourth-order valence-corrected chi connectivity index (χ4v) is 2.14. The molecule has 2 rings (SSSR count). The zero-order valence-electron chi connectivity index (χ0n) is 7.93. The minimum atomic E-state index is -3.98. The predicted octanol–water partition coefficient (Wildman–Crippen LogP) is 2.06. The Labute approximate surface area is 86.3 Å². The van der Waals surface area contributed by atoms with E-state index < -0.39 is 7.82 Å². The fraction of sp³-hybridized carbons (Fsp3) is 0.111. The summed E-state index contributed by atoms with van der Waals surface area (Å²) in [6.07, 6.45) is 2.89. The van der Waals surface area contributed by atoms with Crippen LogP contribution in [0.15, 0.2) is 18.5 Å². The summed E-state index contributed by atoms with van der Waals surface area (Å²) >= 11 is 0. The van der Waals surface area contributed by atoms with Crippen molar-refractivity contribution in [2.24, 2.45) is 0 Å². The molecule has 78 valence electrons. The van der Waals surface area contributed by atoms with Gasteiger partial charge in [0.1, 0.15) is 0 Å². The van der Waals surface area contributed by atoms with Crippen LogP contribution in [0.1, 0.15) is 11.3 Å². The van der Waals surface area contributed by atoms with Gasteiger partial charge in [-0.1, -0.05) is 6.58 Å². The molecular formula is C9H8NO4P. The van der Waals surface area contributed by atoms with Crippen LogP contribution in [0.3, 0.4) is 0 Å². The largest absolute Gasteiger partial charge is 0.585 e. The predicted molar refractivity (Wildman–Crippen MR) is 53.7 cm³/mol. The average Bonchev–Trinajstić information content (AvgIpc) is 2.46. The van der Waals surface area contributed by atoms with Gasteiger partial charge in [-0.15, -0.1) is 5.73 Å². The van der Waals surface area contributed by atoms with Crippen molar-refractivity contribution < 1.29 is 18.5 Å². The quantitative estimate of drug-likeness (QED) is 0.585. The lowest BCUT2D eigenvalue weighted by atomic mass is 10.2. The lowest BCUT2D eigenvalue weighted by Crippen LogP contribution is -1.89. The smallest absolute Gasteiger partial charge is 0.391 e. The van der Waals surface area contributed by atoms with Crippen LogP contribution >= 0.6 is 7.82 Å². The van der Waals surface area contributed by atoms with Gasteiger partial charge in [0.15, 0.2) is 11.5 Å². The molecule has 0 amide bonds. The van der Waals surface area contributed by atoms with E-state index in [0.717, 1.165) is 0 Å². The molecule has 15 heavy (non-hydrogen) atoms. The van der Waals surface area contributed by atoms with Crippen LogP contribution in [0, 0.1) is 6.92 Å². The first-order valence-electron chi connectivity index (χ1n) is 4.11. The Kier molecular flexibility index (Phi) is 2.16. The van der Waals surface area contributed by atoms with Crippen molar-refractivity contribution in [3.05, 3.63) is 29.8 Å². The molecule has 0 saturated heterocycles. The number of pyridine rings is 1. The molecule has 1 aliphatic rings. The summed E-state index contributed by atoms with van der Waals surface area (Å²) in [6, 6.07) is 0. The summed E-state index contributed by atoms with van der Waals surface area (Å²) in [5.41, 5.74) is 3.77. The highest BCUT2D eigenvalue weighted by atomic mass is 31.2. The molecule has 1 aliphatic heterocycles. The zero-order chi connectivity index (χ0) is 11.1. The molecule has 6 heteroatoms. The van der Waals surface area contributed by atoms with Gasteiger partial charge in [0.2, 0.25) is 0 Å². The molecule has 1 atom stereocenters. The molecule has 5 nitrogen and oxygen atoms in total. The van der Waals surface area contributed by atoms with Crippen molar-refractivity contribution in [3.63, 3.8) is 0 Å². The van der Waals surface area contributed by atoms with Crippen LogP contribution in [0.5, 0.6) is 11.5 Å². The van der Waals surface area contributed by atoms with E-state index in [9.17, 15) is 4.57 Å². The lowest BCUT2D eigenvalue weighted by Gasteiger charge is -2.01. The molecule has 0 bridgehead atoms. The van der Waals surface area contributed by atoms with E-state index in [0.29, 0.717) is 11.3 Å². The normalized spacial score (nSPS) is 22.3. The zero-order valence-corrected chi connectivity index (χ0v) is 8.82. The molecule has 0 radical (unpaired) electrons. The summed E-state index contributed by atoms with van der Waals surface area (Å²) in [5.74, 6) is 0.428. The monoisotopic (exact) mass is 225 g/mol. The van der Waals surface area contributed by atoms with Crippen molar-refractivity contribution in [3.8, 4) is 11.5 Å². The van der Waals surface area contributed by atoms with E-state index in [1.807, 2.05) is 0 Å². The Hall–Kier alpha value is -1.54. The van der Waals surface area contributed by atoms with E-state index in [-0.39, 0.29) is 11.5 Å². The van der Waals surface area contributed by atoms with Crippen LogP contribution < -0.4 is 9.05 Å². The first-order valence-corrected chi connectivity index (χ1v) is 5.60. The third-order valence-electron chi connectivity index (χ3n) is 1.93. The summed E-state index contributed by atoms with van der Waals surface area (Å²) in [6.45, 7) is 5.13. The van der Waals surface area contributed by atoms with E-state index in [1.165, 1.54) is 6.20 Å². The maximum atomic E-state index is 11.1. The maximum Gasteiger partial charge on any atom is 0.585 e. The number of hydrogen-bond acceptors (Lipinski definition) is 4. The van der Waals surface area contributed by atoms with Crippen molar-refractivity contribution >= 4 is 13.9 Å². The van der Waals surface area contributed by atoms with E-state index in [4.69, 9.17) is 9.42 Å². The molecule has 1 aromatic heterocycles. The van der Waals surface area contributed by atoms with E-state index in [2.05, 4.69) is 21.8 Å². The SMILES string of the molecule is C=C=Cc1ncc2c(c1C)OP(=O)(O)O2. The molecule has 2 heterocycles. The average molecular weight is 225 g/mol. The molecule has 1 unspecified atom stereocenters. The number of aromatic nitrogens is 1. The molecular weight excluding hydrogens is 217 g/mol. The first-order chi connectivity index (χ1) is 7.03. The van der Waals surface area contributed by atoms with E-state index in [1.54, 1.807) is 13.0 Å². The third-order valence-corrected chi connectivity index (χ3v) is 2.77. The molecule has 0 saturated carbocycles. The Balaban J connectivity index is 2.58. The Morgan fingerprint density at radius 3 is 3.07 bits per heavy atom. The Morgan fingerprint density at radius 1 is 1.67 bits per heavy atom. The lowest BCUT2D eigenvalue weighted by molar-refractivity contribution is 0.323. The summed E-state index contributed by atoms with van der Waals surface area (Å²) in [5, 5.41) is 0. The van der Waals surface area contributed by atoms with Gasteiger partial charge in [-0.05, 0) is 6.92 Å². The van der Waals surface area contributed by atoms with Gasteiger partial charge in [-0.2, -0.15) is 0 Å². The van der Waals surface area contributed by atoms with Gasteiger partial charge in [0, 0.05) is 11.6 Å². The van der Waals surface area contributed by atoms with Gasteiger partial charge >= 0.3 is 7.82 Å². The van der Waals surface area contributed by atoms with Gasteiger partial charge in [-0.3, -0.25) is 9.88 Å². The second kappa shape index (κ2) is 3.24. The van der Waals surface area contributed by atoms with Gasteiger partial charge < -0.3 is 9.05 Å². The van der Waals surface area contributed by atoms with Crippen molar-refractivity contribution in [1.29, 1.82) is 0 Å². The molecule has 1 N–H and O–H groups in total. The van der Waals surface area contributed by atoms with Gasteiger partial charge in [0.05, 0.1) is 11.9 Å². The Morgan fingerprint density at radius 2 is 2.40 bits per heavy atom. The highest BCUT2D eigenvalue weighted by molar-refractivity contribution is 7.48. The molecule has 0 spiro atoms. The molecule has 0 aliphatic carbocycles. The molecule has 0 fully saturated rings. The highest BCUT2D eigenvalue weighted by Gasteiger charge is 2.36. The Bertz CT molecular complexity index is 519. The first kappa shape index (κ1) is 9.99. The van der Waals surface area contributed by atoms with Crippen LogP contribution in [-0.2, 0) is 4.57 Å². The molecule has 1 aromatic rings. The number of rotatable bonds is 1. The van der Waals surface area contributed by atoms with Gasteiger partial charge in [-0.25, -0.2) is 4.57 Å². The fourth-order valence-electron chi connectivity index (χ4n) is 1.26. The number of nitrogens with zero attached hydrogens (tertiary/aromatic N) is 1. The highest BCUT2D eigenvalue weighted by Crippen LogP contribution is 2.56. The second-order valence-electron chi connectivity index (χ2n) is 2.96. The van der Waals surface area contributed by atoms with Gasteiger partial charge in [0.25, 0.3) is 0 Å². The number of fused-ring (bicyclic) bond motifs is 1. The van der Waals surface area contributed by atoms with E-state index >= 15 is 0 Å². The van der Waals surface area contributed by atoms with Crippen LogP contribution in [0.2, 0.25) is 0 Å². The van der Waals surface area contributed by atoms with Crippen LogP contribution in [0.25, 0.3) is 6.08 Å². The topological polar surface area (TPSA) is 68.7 Å². The van der Waals surface area contributed by atoms with Crippen molar-refractivity contribution in [1.82, 2.24) is 4.98 Å². The number of hydrogen-bond donors (Lipinski definition) is 1. The minimum absolute atomic E-state index is 0.180. The number of phosphoric acid groups is 1. The minimum Gasteiger partial charge on any atom is -0.391 e. The summed E-state index contributed by atoms with van der Waals surface area (Å²) < 4.78 is 20.6. The van der Waals surface area contributed by atoms with Crippen molar-refractivity contribution in [2.75, 3.05) is 0 Å². The third kappa shape index (κ3) is 1.68. The number of phosphoric ester groups is 1. The summed E-state index contributed by atoms with van der Waals surface area (Å²) in [4.78, 5) is 13.1. The van der Waals surface area contributed by atoms with Crippen LogP contribution in [0.4, 0.5) is 0 Å². The molecule has 0 aromatic carbocycles. The van der Waals surface area contributed by atoms with Crippen molar-refractivity contribution in [2.45, 2.75) is 6.92 Å². The standard InChI is InChI=1S/C9H8NO4P/c1-3-4-7-6(2)9-8(5-10-7)13-15(11,12)14-9/h4-5H,1H2,2H3,(H,11,12).